The molecule has 1 aromatic heterocycles. The smallest absolute Gasteiger partial charge is 0.129 e. The number of nitrogens with one attached hydrogen (secondary N) is 1. The molecular weight excluding hydrogens is 266 g/mol. The van der Waals surface area contributed by atoms with Crippen LogP contribution in [0.2, 0.25) is 0 Å². The molecule has 0 bridgehead atoms. The van der Waals surface area contributed by atoms with E-state index in [2.05, 4.69) is 55.7 Å². The highest BCUT2D eigenvalue weighted by Gasteiger charge is 2.18. The summed E-state index contributed by atoms with van der Waals surface area (Å²) in [6.45, 7) is 7.54. The lowest BCUT2D eigenvalue weighted by molar-refractivity contribution is 0.416. The van der Waals surface area contributed by atoms with Crippen molar-refractivity contribution < 1.29 is 4.74 Å². The van der Waals surface area contributed by atoms with E-state index < -0.39 is 0 Å². The predicted octanol–water partition coefficient (Wildman–Crippen LogP) is 4.46. The fourth-order valence-electron chi connectivity index (χ4n) is 2.32. The molecule has 2 nitrogen and oxygen atoms in total. The minimum atomic E-state index is 0.253. The van der Waals surface area contributed by atoms with Crippen molar-refractivity contribution in [2.45, 2.75) is 33.2 Å². The lowest BCUT2D eigenvalue weighted by Crippen LogP contribution is -2.23. The first-order valence-corrected chi connectivity index (χ1v) is 7.96. The molecule has 1 aromatic carbocycles. The van der Waals surface area contributed by atoms with E-state index in [0.717, 1.165) is 18.7 Å². The van der Waals surface area contributed by atoms with Crippen LogP contribution in [0.4, 0.5) is 0 Å². The van der Waals surface area contributed by atoms with Gasteiger partial charge in [-0.2, -0.15) is 0 Å². The van der Waals surface area contributed by atoms with Crippen LogP contribution in [0.25, 0.3) is 0 Å². The molecule has 0 saturated carbocycles. The predicted molar refractivity (Wildman–Crippen MR) is 86.9 cm³/mol. The lowest BCUT2D eigenvalue weighted by Gasteiger charge is -2.20. The monoisotopic (exact) mass is 289 g/mol. The molecule has 0 amide bonds. The SMILES string of the molecule is CCCNC(c1cc(OC)cs1)c1cc(C)ccc1C. The van der Waals surface area contributed by atoms with Gasteiger partial charge in [-0.05, 0) is 44.0 Å². The largest absolute Gasteiger partial charge is 0.496 e. The Labute approximate surface area is 125 Å². The van der Waals surface area contributed by atoms with Gasteiger partial charge in [0.2, 0.25) is 0 Å². The van der Waals surface area contributed by atoms with Crippen LogP contribution in [-0.4, -0.2) is 13.7 Å². The molecule has 20 heavy (non-hydrogen) atoms. The highest BCUT2D eigenvalue weighted by molar-refractivity contribution is 7.10. The summed E-state index contributed by atoms with van der Waals surface area (Å²) >= 11 is 1.75. The molecule has 2 rings (SSSR count). The maximum Gasteiger partial charge on any atom is 0.129 e. The zero-order valence-corrected chi connectivity index (χ0v) is 13.5. The summed E-state index contributed by atoms with van der Waals surface area (Å²) < 4.78 is 5.32. The van der Waals surface area contributed by atoms with Crippen LogP contribution >= 0.6 is 11.3 Å². The Morgan fingerprint density at radius 3 is 2.70 bits per heavy atom. The van der Waals surface area contributed by atoms with E-state index in [-0.39, 0.29) is 6.04 Å². The molecule has 2 aromatic rings. The second kappa shape index (κ2) is 6.91. The molecule has 0 fully saturated rings. The standard InChI is InChI=1S/C17H23NOS/c1-5-8-18-17(16-10-14(19-4)11-20-16)15-9-12(2)6-7-13(15)3/h6-7,9-11,17-18H,5,8H2,1-4H3. The van der Waals surface area contributed by atoms with E-state index in [1.165, 1.54) is 21.6 Å². The Bertz CT molecular complexity index is 562. The van der Waals surface area contributed by atoms with Crippen molar-refractivity contribution in [1.29, 1.82) is 0 Å². The van der Waals surface area contributed by atoms with Crippen molar-refractivity contribution in [3.05, 3.63) is 51.2 Å². The summed E-state index contributed by atoms with van der Waals surface area (Å²) in [7, 11) is 1.72. The van der Waals surface area contributed by atoms with Crippen LogP contribution in [0, 0.1) is 13.8 Å². The minimum Gasteiger partial charge on any atom is -0.496 e. The van der Waals surface area contributed by atoms with Crippen LogP contribution < -0.4 is 10.1 Å². The summed E-state index contributed by atoms with van der Waals surface area (Å²) in [6, 6.07) is 9.05. The van der Waals surface area contributed by atoms with E-state index in [1.807, 2.05) is 0 Å². The summed E-state index contributed by atoms with van der Waals surface area (Å²) in [5.74, 6) is 0.943. The Morgan fingerprint density at radius 2 is 2.05 bits per heavy atom. The Balaban J connectivity index is 2.38. The van der Waals surface area contributed by atoms with E-state index in [4.69, 9.17) is 4.74 Å². The van der Waals surface area contributed by atoms with Gasteiger partial charge in [-0.3, -0.25) is 0 Å². The second-order valence-corrected chi connectivity index (χ2v) is 6.08. The Kier molecular flexibility index (Phi) is 5.21. The van der Waals surface area contributed by atoms with E-state index >= 15 is 0 Å². The first kappa shape index (κ1) is 15.1. The summed E-state index contributed by atoms with van der Waals surface area (Å²) in [5.41, 5.74) is 4.00. The molecule has 1 heterocycles. The normalized spacial score (nSPS) is 12.4. The lowest BCUT2D eigenvalue weighted by atomic mass is 9.97. The van der Waals surface area contributed by atoms with Crippen LogP contribution in [0.5, 0.6) is 5.75 Å². The molecular formula is C17H23NOS. The van der Waals surface area contributed by atoms with Crippen molar-refractivity contribution in [3.63, 3.8) is 0 Å². The number of hydrogen-bond donors (Lipinski definition) is 1. The number of benzene rings is 1. The topological polar surface area (TPSA) is 21.3 Å². The molecule has 0 aliphatic carbocycles. The third-order valence-electron chi connectivity index (χ3n) is 3.46. The fourth-order valence-corrected chi connectivity index (χ4v) is 3.26. The number of aryl methyl sites for hydroxylation is 2. The van der Waals surface area contributed by atoms with Crippen LogP contribution in [-0.2, 0) is 0 Å². The van der Waals surface area contributed by atoms with Crippen LogP contribution in [0.1, 0.15) is 41.0 Å². The maximum absolute atomic E-state index is 5.32. The third kappa shape index (κ3) is 3.41. The zero-order chi connectivity index (χ0) is 14.5. The van der Waals surface area contributed by atoms with Crippen molar-refractivity contribution in [1.82, 2.24) is 5.32 Å². The number of methoxy groups -OCH3 is 1. The quantitative estimate of drug-likeness (QED) is 0.847. The highest BCUT2D eigenvalue weighted by Crippen LogP contribution is 2.32. The fraction of sp³-hybridized carbons (Fsp3) is 0.412. The summed E-state index contributed by atoms with van der Waals surface area (Å²) in [5, 5.41) is 5.73. The molecule has 0 radical (unpaired) electrons. The molecule has 0 spiro atoms. The van der Waals surface area contributed by atoms with E-state index in [9.17, 15) is 0 Å². The van der Waals surface area contributed by atoms with Crippen LogP contribution in [0.3, 0.4) is 0 Å². The maximum atomic E-state index is 5.32. The number of ether oxygens (including phenoxy) is 1. The molecule has 0 aliphatic rings. The first-order valence-electron chi connectivity index (χ1n) is 7.08. The van der Waals surface area contributed by atoms with E-state index in [0.29, 0.717) is 0 Å². The number of thiophene rings is 1. The van der Waals surface area contributed by atoms with Gasteiger partial charge in [0.1, 0.15) is 5.75 Å². The van der Waals surface area contributed by atoms with Crippen molar-refractivity contribution in [3.8, 4) is 5.75 Å². The van der Waals surface area contributed by atoms with Gasteiger partial charge < -0.3 is 10.1 Å². The van der Waals surface area contributed by atoms with Gasteiger partial charge in [-0.15, -0.1) is 11.3 Å². The second-order valence-electron chi connectivity index (χ2n) is 5.14. The van der Waals surface area contributed by atoms with Gasteiger partial charge in [-0.25, -0.2) is 0 Å². The molecule has 0 saturated heterocycles. The van der Waals surface area contributed by atoms with Gasteiger partial charge in [-0.1, -0.05) is 30.7 Å². The van der Waals surface area contributed by atoms with Gasteiger partial charge >= 0.3 is 0 Å². The minimum absolute atomic E-state index is 0.253. The molecule has 1 unspecified atom stereocenters. The highest BCUT2D eigenvalue weighted by atomic mass is 32.1. The summed E-state index contributed by atoms with van der Waals surface area (Å²) in [6.07, 6.45) is 1.13. The summed E-state index contributed by atoms with van der Waals surface area (Å²) in [4.78, 5) is 1.31. The van der Waals surface area contributed by atoms with Gasteiger partial charge in [0.25, 0.3) is 0 Å². The number of rotatable bonds is 6. The van der Waals surface area contributed by atoms with Crippen molar-refractivity contribution >= 4 is 11.3 Å². The first-order chi connectivity index (χ1) is 9.65. The third-order valence-corrected chi connectivity index (χ3v) is 4.44. The number of hydrogen-bond acceptors (Lipinski definition) is 3. The average Bonchev–Trinajstić information content (AvgIpc) is 2.92. The molecule has 108 valence electrons. The molecule has 1 atom stereocenters. The Hall–Kier alpha value is -1.32. The van der Waals surface area contributed by atoms with Crippen molar-refractivity contribution in [2.75, 3.05) is 13.7 Å². The van der Waals surface area contributed by atoms with Gasteiger partial charge in [0.05, 0.1) is 13.2 Å². The van der Waals surface area contributed by atoms with Gasteiger partial charge in [0, 0.05) is 10.3 Å². The van der Waals surface area contributed by atoms with E-state index in [1.54, 1.807) is 18.4 Å². The van der Waals surface area contributed by atoms with Crippen molar-refractivity contribution in [2.24, 2.45) is 0 Å². The molecule has 0 aliphatic heterocycles. The van der Waals surface area contributed by atoms with Crippen LogP contribution in [0.15, 0.2) is 29.6 Å². The molecule has 3 heteroatoms. The Morgan fingerprint density at radius 1 is 1.25 bits per heavy atom. The zero-order valence-electron chi connectivity index (χ0n) is 12.7. The van der Waals surface area contributed by atoms with Gasteiger partial charge in [0.15, 0.2) is 0 Å². The molecule has 1 N–H and O–H groups in total. The average molecular weight is 289 g/mol.